The van der Waals surface area contributed by atoms with E-state index in [1.54, 1.807) is 7.11 Å². The molecule has 2 aromatic rings. The maximum atomic E-state index is 13.0. The first-order valence-electron chi connectivity index (χ1n) is 9.39. The maximum absolute atomic E-state index is 13.0. The number of rotatable bonds is 4. The predicted octanol–water partition coefficient (Wildman–Crippen LogP) is 2.06. The molecule has 3 heterocycles. The Morgan fingerprint density at radius 2 is 1.85 bits per heavy atom. The Kier molecular flexibility index (Phi) is 4.70. The fraction of sp³-hybridized carbons (Fsp3) is 0.450. The van der Waals surface area contributed by atoms with Crippen LogP contribution in [0.3, 0.4) is 0 Å². The van der Waals surface area contributed by atoms with Gasteiger partial charge in [0.05, 0.1) is 37.6 Å². The standard InChI is InChI=1S/C20H25N5O2/c1-13(24-9-3-4-10-24)19(26)25-11-16-17(12-25)22-20(21)23-18(16)14-5-7-15(27-2)8-6-14/h5-8,13H,3-4,9-12H2,1-2H3,(H2,21,22,23). The van der Waals surface area contributed by atoms with E-state index in [0.717, 1.165) is 41.4 Å². The second-order valence-corrected chi connectivity index (χ2v) is 7.20. The highest BCUT2D eigenvalue weighted by Gasteiger charge is 2.33. The lowest BCUT2D eigenvalue weighted by molar-refractivity contribution is -0.136. The predicted molar refractivity (Wildman–Crippen MR) is 103 cm³/mol. The number of ether oxygens (including phenoxy) is 1. The molecule has 2 N–H and O–H groups in total. The highest BCUT2D eigenvalue weighted by molar-refractivity contribution is 5.82. The number of methoxy groups -OCH3 is 1. The molecule has 2 aliphatic rings. The normalized spacial score (nSPS) is 17.8. The van der Waals surface area contributed by atoms with Gasteiger partial charge in [-0.25, -0.2) is 9.97 Å². The van der Waals surface area contributed by atoms with E-state index in [9.17, 15) is 4.79 Å². The first-order chi connectivity index (χ1) is 13.1. The van der Waals surface area contributed by atoms with Crippen LogP contribution in [0.2, 0.25) is 0 Å². The smallest absolute Gasteiger partial charge is 0.240 e. The zero-order valence-corrected chi connectivity index (χ0v) is 15.8. The van der Waals surface area contributed by atoms with Crippen LogP contribution < -0.4 is 10.5 Å². The summed E-state index contributed by atoms with van der Waals surface area (Å²) in [7, 11) is 1.64. The molecule has 7 heteroatoms. The molecule has 1 atom stereocenters. The molecule has 0 bridgehead atoms. The van der Waals surface area contributed by atoms with Crippen molar-refractivity contribution in [2.75, 3.05) is 25.9 Å². The molecule has 0 saturated carbocycles. The first kappa shape index (κ1) is 17.7. The van der Waals surface area contributed by atoms with Gasteiger partial charge in [0.1, 0.15) is 5.75 Å². The Morgan fingerprint density at radius 3 is 2.52 bits per heavy atom. The molecule has 4 rings (SSSR count). The van der Waals surface area contributed by atoms with Crippen molar-refractivity contribution in [2.24, 2.45) is 0 Å². The highest BCUT2D eigenvalue weighted by Crippen LogP contribution is 2.32. The molecule has 1 unspecified atom stereocenters. The molecule has 1 amide bonds. The summed E-state index contributed by atoms with van der Waals surface area (Å²) in [5.41, 5.74) is 9.52. The van der Waals surface area contributed by atoms with E-state index >= 15 is 0 Å². The Hall–Kier alpha value is -2.67. The maximum Gasteiger partial charge on any atom is 0.240 e. The highest BCUT2D eigenvalue weighted by atomic mass is 16.5. The fourth-order valence-electron chi connectivity index (χ4n) is 3.97. The largest absolute Gasteiger partial charge is 0.497 e. The van der Waals surface area contributed by atoms with Gasteiger partial charge in [0, 0.05) is 11.1 Å². The van der Waals surface area contributed by atoms with Crippen LogP contribution in [-0.4, -0.2) is 51.9 Å². The minimum atomic E-state index is -0.100. The third kappa shape index (κ3) is 3.35. The summed E-state index contributed by atoms with van der Waals surface area (Å²) >= 11 is 0. The van der Waals surface area contributed by atoms with Gasteiger partial charge in [0.15, 0.2) is 0 Å². The van der Waals surface area contributed by atoms with Crippen LogP contribution in [0.1, 0.15) is 31.0 Å². The Balaban J connectivity index is 1.60. The molecular formula is C20H25N5O2. The van der Waals surface area contributed by atoms with E-state index in [1.165, 1.54) is 12.8 Å². The lowest BCUT2D eigenvalue weighted by atomic mass is 10.1. The Bertz CT molecular complexity index is 846. The van der Waals surface area contributed by atoms with Gasteiger partial charge in [-0.2, -0.15) is 0 Å². The second kappa shape index (κ2) is 7.15. The van der Waals surface area contributed by atoms with Gasteiger partial charge in [-0.1, -0.05) is 0 Å². The van der Waals surface area contributed by atoms with Crippen molar-refractivity contribution < 1.29 is 9.53 Å². The van der Waals surface area contributed by atoms with Gasteiger partial charge in [0.2, 0.25) is 11.9 Å². The van der Waals surface area contributed by atoms with Crippen molar-refractivity contribution in [2.45, 2.75) is 38.9 Å². The van der Waals surface area contributed by atoms with Gasteiger partial charge in [-0.3, -0.25) is 9.69 Å². The number of nitrogens with two attached hydrogens (primary N) is 1. The summed E-state index contributed by atoms with van der Waals surface area (Å²) in [5.74, 6) is 1.17. The minimum Gasteiger partial charge on any atom is -0.497 e. The molecule has 27 heavy (non-hydrogen) atoms. The number of anilines is 1. The summed E-state index contributed by atoms with van der Waals surface area (Å²) in [6, 6.07) is 7.61. The third-order valence-electron chi connectivity index (χ3n) is 5.52. The minimum absolute atomic E-state index is 0.100. The lowest BCUT2D eigenvalue weighted by Gasteiger charge is -2.27. The van der Waals surface area contributed by atoms with Gasteiger partial charge >= 0.3 is 0 Å². The van der Waals surface area contributed by atoms with Gasteiger partial charge in [-0.05, 0) is 57.1 Å². The van der Waals surface area contributed by atoms with Crippen LogP contribution in [0, 0.1) is 0 Å². The molecule has 0 aliphatic carbocycles. The number of aromatic nitrogens is 2. The van der Waals surface area contributed by atoms with Crippen molar-refractivity contribution in [3.63, 3.8) is 0 Å². The molecule has 1 saturated heterocycles. The molecule has 0 spiro atoms. The summed E-state index contributed by atoms with van der Waals surface area (Å²) in [4.78, 5) is 26.0. The summed E-state index contributed by atoms with van der Waals surface area (Å²) in [6.45, 7) is 5.01. The van der Waals surface area contributed by atoms with Crippen molar-refractivity contribution >= 4 is 11.9 Å². The molecule has 1 fully saturated rings. The van der Waals surface area contributed by atoms with Crippen molar-refractivity contribution in [1.29, 1.82) is 0 Å². The monoisotopic (exact) mass is 367 g/mol. The molecule has 2 aliphatic heterocycles. The summed E-state index contributed by atoms with van der Waals surface area (Å²) in [6.07, 6.45) is 2.34. The quantitative estimate of drug-likeness (QED) is 0.890. The number of fused-ring (bicyclic) bond motifs is 1. The van der Waals surface area contributed by atoms with Crippen molar-refractivity contribution in [1.82, 2.24) is 19.8 Å². The van der Waals surface area contributed by atoms with Crippen LogP contribution in [0.5, 0.6) is 5.75 Å². The number of carbonyl (C=O) groups is 1. The summed E-state index contributed by atoms with van der Waals surface area (Å²) < 4.78 is 5.23. The van der Waals surface area contributed by atoms with Crippen LogP contribution in [0.25, 0.3) is 11.3 Å². The molecule has 1 aromatic heterocycles. The number of carbonyl (C=O) groups excluding carboxylic acids is 1. The molecule has 7 nitrogen and oxygen atoms in total. The Morgan fingerprint density at radius 1 is 1.15 bits per heavy atom. The molecule has 1 aromatic carbocycles. The summed E-state index contributed by atoms with van der Waals surface area (Å²) in [5, 5.41) is 0. The van der Waals surface area contributed by atoms with Gasteiger partial charge in [-0.15, -0.1) is 0 Å². The van der Waals surface area contributed by atoms with Crippen LogP contribution in [0.4, 0.5) is 5.95 Å². The number of hydrogen-bond acceptors (Lipinski definition) is 6. The zero-order chi connectivity index (χ0) is 19.0. The topological polar surface area (TPSA) is 84.6 Å². The number of nitrogen functional groups attached to an aromatic ring is 1. The Labute approximate surface area is 159 Å². The van der Waals surface area contributed by atoms with E-state index in [1.807, 2.05) is 36.1 Å². The van der Waals surface area contributed by atoms with E-state index in [2.05, 4.69) is 14.9 Å². The number of benzene rings is 1. The average molecular weight is 367 g/mol. The van der Waals surface area contributed by atoms with E-state index in [4.69, 9.17) is 10.5 Å². The zero-order valence-electron chi connectivity index (χ0n) is 15.8. The SMILES string of the molecule is COc1ccc(-c2nc(N)nc3c2CN(C(=O)C(C)N2CCCC2)C3)cc1. The number of amides is 1. The van der Waals surface area contributed by atoms with Crippen molar-refractivity contribution in [3.05, 3.63) is 35.5 Å². The number of hydrogen-bond donors (Lipinski definition) is 1. The van der Waals surface area contributed by atoms with E-state index in [-0.39, 0.29) is 17.9 Å². The van der Waals surface area contributed by atoms with Crippen LogP contribution in [0.15, 0.2) is 24.3 Å². The van der Waals surface area contributed by atoms with Gasteiger partial charge in [0.25, 0.3) is 0 Å². The first-order valence-corrected chi connectivity index (χ1v) is 9.39. The number of nitrogens with zero attached hydrogens (tertiary/aromatic N) is 4. The molecule has 142 valence electrons. The third-order valence-corrected chi connectivity index (χ3v) is 5.52. The fourth-order valence-corrected chi connectivity index (χ4v) is 3.97. The van der Waals surface area contributed by atoms with Crippen molar-refractivity contribution in [3.8, 4) is 17.0 Å². The van der Waals surface area contributed by atoms with Crippen LogP contribution >= 0.6 is 0 Å². The van der Waals surface area contributed by atoms with Gasteiger partial charge < -0.3 is 15.4 Å². The molecular weight excluding hydrogens is 342 g/mol. The lowest BCUT2D eigenvalue weighted by Crippen LogP contribution is -2.44. The number of likely N-dealkylation sites (tertiary alicyclic amines) is 1. The van der Waals surface area contributed by atoms with Crippen LogP contribution in [-0.2, 0) is 17.9 Å². The second-order valence-electron chi connectivity index (χ2n) is 7.20. The van der Waals surface area contributed by atoms with E-state index in [0.29, 0.717) is 13.1 Å². The molecule has 0 radical (unpaired) electrons. The average Bonchev–Trinajstić information content (AvgIpc) is 3.36. The van der Waals surface area contributed by atoms with E-state index < -0.39 is 0 Å².